The Bertz CT molecular complexity index is 302. The van der Waals surface area contributed by atoms with Crippen LogP contribution in [0.4, 0.5) is 0 Å². The van der Waals surface area contributed by atoms with Crippen molar-refractivity contribution in [3.05, 3.63) is 0 Å². The second-order valence-corrected chi connectivity index (χ2v) is 5.71. The molecule has 0 heterocycles. The molecule has 0 saturated carbocycles. The number of hydrazine groups is 1. The summed E-state index contributed by atoms with van der Waals surface area (Å²) in [5.41, 5.74) is 4.80. The Hall–Kier alpha value is -1.12. The maximum Gasteiger partial charge on any atom is 0.308 e. The van der Waals surface area contributed by atoms with Crippen molar-refractivity contribution in [2.45, 2.75) is 52.6 Å². The molecule has 0 aromatic heterocycles. The SMILES string of the molecule is CC(C)C(=O)OCC(C)(C#N)NNC(C)(C)C. The summed E-state index contributed by atoms with van der Waals surface area (Å²) < 4.78 is 5.06. The fourth-order valence-corrected chi connectivity index (χ4v) is 0.804. The molecule has 0 aromatic rings. The van der Waals surface area contributed by atoms with Gasteiger partial charge < -0.3 is 4.74 Å². The molecule has 98 valence electrons. The van der Waals surface area contributed by atoms with Gasteiger partial charge in [0.1, 0.15) is 6.61 Å². The van der Waals surface area contributed by atoms with E-state index in [-0.39, 0.29) is 24.0 Å². The largest absolute Gasteiger partial charge is 0.462 e. The van der Waals surface area contributed by atoms with Gasteiger partial charge in [0.15, 0.2) is 5.54 Å². The fourth-order valence-electron chi connectivity index (χ4n) is 0.804. The van der Waals surface area contributed by atoms with Crippen molar-refractivity contribution in [3.63, 3.8) is 0 Å². The number of nitrogens with one attached hydrogen (secondary N) is 2. The van der Waals surface area contributed by atoms with Gasteiger partial charge in [0.2, 0.25) is 0 Å². The number of hydrogen-bond acceptors (Lipinski definition) is 5. The Morgan fingerprint density at radius 1 is 1.29 bits per heavy atom. The van der Waals surface area contributed by atoms with Gasteiger partial charge in [0.25, 0.3) is 0 Å². The van der Waals surface area contributed by atoms with E-state index in [1.165, 1.54) is 0 Å². The predicted molar refractivity (Wildman–Crippen MR) is 65.8 cm³/mol. The molecule has 0 spiro atoms. The number of hydrogen-bond donors (Lipinski definition) is 2. The fraction of sp³-hybridized carbons (Fsp3) is 0.833. The quantitative estimate of drug-likeness (QED) is 0.561. The lowest BCUT2D eigenvalue weighted by Crippen LogP contribution is -2.58. The zero-order valence-electron chi connectivity index (χ0n) is 11.5. The highest BCUT2D eigenvalue weighted by atomic mass is 16.5. The smallest absolute Gasteiger partial charge is 0.308 e. The van der Waals surface area contributed by atoms with Crippen molar-refractivity contribution in [1.29, 1.82) is 5.26 Å². The zero-order chi connectivity index (χ0) is 13.7. The first-order valence-electron chi connectivity index (χ1n) is 5.72. The third-order valence-electron chi connectivity index (χ3n) is 1.93. The molecule has 0 aromatic carbocycles. The number of esters is 1. The summed E-state index contributed by atoms with van der Waals surface area (Å²) in [7, 11) is 0. The van der Waals surface area contributed by atoms with Crippen molar-refractivity contribution < 1.29 is 9.53 Å². The van der Waals surface area contributed by atoms with Crippen LogP contribution in [-0.2, 0) is 9.53 Å². The third-order valence-corrected chi connectivity index (χ3v) is 1.93. The highest BCUT2D eigenvalue weighted by molar-refractivity contribution is 5.71. The van der Waals surface area contributed by atoms with Gasteiger partial charge in [-0.3, -0.25) is 10.2 Å². The Kier molecular flexibility index (Phi) is 5.59. The van der Waals surface area contributed by atoms with Crippen LogP contribution in [0.2, 0.25) is 0 Å². The first-order chi connectivity index (χ1) is 7.59. The number of carbonyl (C=O) groups is 1. The third kappa shape index (κ3) is 6.93. The van der Waals surface area contributed by atoms with E-state index in [2.05, 4.69) is 16.9 Å². The van der Waals surface area contributed by atoms with Crippen LogP contribution in [0.15, 0.2) is 0 Å². The van der Waals surface area contributed by atoms with E-state index >= 15 is 0 Å². The molecule has 0 rings (SSSR count). The molecule has 1 unspecified atom stereocenters. The van der Waals surface area contributed by atoms with E-state index < -0.39 is 5.54 Å². The first-order valence-corrected chi connectivity index (χ1v) is 5.72. The summed E-state index contributed by atoms with van der Waals surface area (Å²) in [6.45, 7) is 11.1. The molecule has 17 heavy (non-hydrogen) atoms. The normalized spacial score (nSPS) is 15.2. The average Bonchev–Trinajstić information content (AvgIpc) is 2.22. The number of nitriles is 1. The van der Waals surface area contributed by atoms with E-state index in [1.54, 1.807) is 20.8 Å². The average molecular weight is 241 g/mol. The summed E-state index contributed by atoms with van der Waals surface area (Å²) in [4.78, 5) is 11.3. The molecule has 2 N–H and O–H groups in total. The topological polar surface area (TPSA) is 74.2 Å². The van der Waals surface area contributed by atoms with Crippen LogP contribution in [0, 0.1) is 17.2 Å². The molecular formula is C12H23N3O2. The second-order valence-electron chi connectivity index (χ2n) is 5.71. The highest BCUT2D eigenvalue weighted by Crippen LogP contribution is 2.06. The monoisotopic (exact) mass is 241 g/mol. The molecule has 0 aliphatic heterocycles. The van der Waals surface area contributed by atoms with E-state index in [1.807, 2.05) is 20.8 Å². The van der Waals surface area contributed by atoms with Gasteiger partial charge in [-0.15, -0.1) is 0 Å². The van der Waals surface area contributed by atoms with Crippen LogP contribution in [0.3, 0.4) is 0 Å². The van der Waals surface area contributed by atoms with Gasteiger partial charge >= 0.3 is 5.97 Å². The summed E-state index contributed by atoms with van der Waals surface area (Å²) in [6.07, 6.45) is 0. The predicted octanol–water partition coefficient (Wildman–Crippen LogP) is 1.36. The molecule has 5 nitrogen and oxygen atoms in total. The van der Waals surface area contributed by atoms with Crippen LogP contribution in [-0.4, -0.2) is 23.7 Å². The zero-order valence-corrected chi connectivity index (χ0v) is 11.5. The molecule has 0 fully saturated rings. The molecule has 0 aliphatic carbocycles. The Morgan fingerprint density at radius 2 is 1.82 bits per heavy atom. The van der Waals surface area contributed by atoms with Crippen molar-refractivity contribution in [2.75, 3.05) is 6.61 Å². The lowest BCUT2D eigenvalue weighted by molar-refractivity contribution is -0.148. The molecule has 0 amide bonds. The van der Waals surface area contributed by atoms with Gasteiger partial charge in [0, 0.05) is 5.54 Å². The van der Waals surface area contributed by atoms with Gasteiger partial charge in [0.05, 0.1) is 12.0 Å². The Labute approximate surface area is 103 Å². The molecule has 0 radical (unpaired) electrons. The van der Waals surface area contributed by atoms with Crippen LogP contribution >= 0.6 is 0 Å². The number of nitrogens with zero attached hydrogens (tertiary/aromatic N) is 1. The van der Waals surface area contributed by atoms with Crippen LogP contribution in [0.25, 0.3) is 0 Å². The maximum atomic E-state index is 11.3. The van der Waals surface area contributed by atoms with Crippen molar-refractivity contribution in [2.24, 2.45) is 5.92 Å². The van der Waals surface area contributed by atoms with Crippen molar-refractivity contribution in [3.8, 4) is 6.07 Å². The molecule has 0 aliphatic rings. The lowest BCUT2D eigenvalue weighted by atomic mass is 10.1. The molecule has 1 atom stereocenters. The lowest BCUT2D eigenvalue weighted by Gasteiger charge is -2.29. The first kappa shape index (κ1) is 15.9. The van der Waals surface area contributed by atoms with Gasteiger partial charge in [-0.2, -0.15) is 5.26 Å². The van der Waals surface area contributed by atoms with E-state index in [0.29, 0.717) is 0 Å². The summed E-state index contributed by atoms with van der Waals surface area (Å²) >= 11 is 0. The van der Waals surface area contributed by atoms with Gasteiger partial charge in [-0.25, -0.2) is 5.43 Å². The molecular weight excluding hydrogens is 218 g/mol. The summed E-state index contributed by atoms with van der Waals surface area (Å²) in [5, 5.41) is 9.09. The van der Waals surface area contributed by atoms with Gasteiger partial charge in [-0.1, -0.05) is 13.8 Å². The molecule has 5 heteroatoms. The number of rotatable bonds is 5. The van der Waals surface area contributed by atoms with Crippen molar-refractivity contribution in [1.82, 2.24) is 10.9 Å². The summed E-state index contributed by atoms with van der Waals surface area (Å²) in [6, 6.07) is 2.09. The Morgan fingerprint density at radius 3 is 2.18 bits per heavy atom. The standard InChI is InChI=1S/C12H23N3O2/c1-9(2)10(16)17-8-12(6,7-13)15-14-11(3,4)5/h9,14-15H,8H2,1-6H3. The highest BCUT2D eigenvalue weighted by Gasteiger charge is 2.27. The summed E-state index contributed by atoms with van der Waals surface area (Å²) in [5.74, 6) is -0.488. The van der Waals surface area contributed by atoms with Crippen LogP contribution in [0.5, 0.6) is 0 Å². The van der Waals surface area contributed by atoms with E-state index in [4.69, 9.17) is 10.00 Å². The van der Waals surface area contributed by atoms with Gasteiger partial charge in [-0.05, 0) is 27.7 Å². The minimum absolute atomic E-state index is 0.0175. The van der Waals surface area contributed by atoms with E-state index in [0.717, 1.165) is 0 Å². The van der Waals surface area contributed by atoms with Crippen LogP contribution in [0.1, 0.15) is 41.5 Å². The van der Waals surface area contributed by atoms with Crippen LogP contribution < -0.4 is 10.9 Å². The Balaban J connectivity index is 4.30. The number of ether oxygens (including phenoxy) is 1. The van der Waals surface area contributed by atoms with Crippen molar-refractivity contribution >= 4 is 5.97 Å². The maximum absolute atomic E-state index is 11.3. The minimum atomic E-state index is -0.933. The molecule has 0 bridgehead atoms. The van der Waals surface area contributed by atoms with E-state index in [9.17, 15) is 4.79 Å². The number of carbonyl (C=O) groups excluding carboxylic acids is 1. The minimum Gasteiger partial charge on any atom is -0.462 e. The molecule has 0 saturated heterocycles. The second kappa shape index (κ2) is 5.99.